The Labute approximate surface area is 118 Å². The molecule has 0 atom stereocenters. The molecule has 0 aliphatic carbocycles. The molecule has 0 bridgehead atoms. The summed E-state index contributed by atoms with van der Waals surface area (Å²) in [4.78, 5) is 10.9. The van der Waals surface area contributed by atoms with E-state index in [1.807, 2.05) is 0 Å². The van der Waals surface area contributed by atoms with E-state index in [0.717, 1.165) is 12.1 Å². The number of carbonyl (C=O) groups is 1. The summed E-state index contributed by atoms with van der Waals surface area (Å²) < 4.78 is 67.7. The molecule has 0 aliphatic rings. The minimum absolute atomic E-state index is 0.0901. The van der Waals surface area contributed by atoms with Crippen molar-refractivity contribution in [1.82, 2.24) is 5.32 Å². The van der Waals surface area contributed by atoms with Gasteiger partial charge in [0.1, 0.15) is 0 Å². The van der Waals surface area contributed by atoms with Gasteiger partial charge in [-0.3, -0.25) is 0 Å². The van der Waals surface area contributed by atoms with Gasteiger partial charge in [-0.05, 0) is 24.6 Å². The van der Waals surface area contributed by atoms with Crippen molar-refractivity contribution in [3.05, 3.63) is 35.4 Å². The van der Waals surface area contributed by atoms with Crippen molar-refractivity contribution in [1.29, 1.82) is 0 Å². The van der Waals surface area contributed by atoms with Crippen LogP contribution in [0.15, 0.2) is 24.3 Å². The van der Waals surface area contributed by atoms with Crippen LogP contribution < -0.4 is 5.32 Å². The van der Waals surface area contributed by atoms with Gasteiger partial charge < -0.3 is 10.1 Å². The first-order chi connectivity index (χ1) is 9.66. The lowest BCUT2D eigenvalue weighted by molar-refractivity contribution is -0.170. The average molecular weight is 311 g/mol. The van der Waals surface area contributed by atoms with Gasteiger partial charge in [0, 0.05) is 6.54 Å². The molecule has 0 spiro atoms. The fourth-order valence-corrected chi connectivity index (χ4v) is 1.48. The van der Waals surface area contributed by atoms with Crippen LogP contribution in [0.4, 0.5) is 22.0 Å². The number of alkyl halides is 5. The van der Waals surface area contributed by atoms with Crippen molar-refractivity contribution < 1.29 is 31.5 Å². The molecule has 21 heavy (non-hydrogen) atoms. The highest BCUT2D eigenvalue weighted by Gasteiger charge is 2.40. The van der Waals surface area contributed by atoms with E-state index in [0.29, 0.717) is 5.56 Å². The number of rotatable bonds is 6. The molecule has 0 radical (unpaired) electrons. The van der Waals surface area contributed by atoms with Crippen molar-refractivity contribution in [2.45, 2.75) is 25.6 Å². The predicted octanol–water partition coefficient (Wildman–Crippen LogP) is 2.99. The largest absolute Gasteiger partial charge is 0.462 e. The molecule has 1 aromatic carbocycles. The smallest absolute Gasteiger partial charge is 0.416 e. The zero-order chi connectivity index (χ0) is 16.1. The quantitative estimate of drug-likeness (QED) is 0.648. The molecule has 0 unspecified atom stereocenters. The van der Waals surface area contributed by atoms with Crippen molar-refractivity contribution >= 4 is 5.97 Å². The SMILES string of the molecule is CCOC(=O)C(F)(F)CNCc1ccc(C(F)(F)F)cc1. The summed E-state index contributed by atoms with van der Waals surface area (Å²) in [5, 5.41) is 2.31. The number of esters is 1. The monoisotopic (exact) mass is 311 g/mol. The van der Waals surface area contributed by atoms with E-state index in [2.05, 4.69) is 10.1 Å². The molecule has 1 N–H and O–H groups in total. The number of ether oxygens (including phenoxy) is 1. The molecule has 0 saturated carbocycles. The third kappa shape index (κ3) is 5.30. The molecule has 8 heteroatoms. The van der Waals surface area contributed by atoms with Gasteiger partial charge >= 0.3 is 18.1 Å². The third-order valence-corrected chi connectivity index (χ3v) is 2.53. The lowest BCUT2D eigenvalue weighted by Crippen LogP contribution is -2.40. The van der Waals surface area contributed by atoms with Gasteiger partial charge in [-0.1, -0.05) is 12.1 Å². The van der Waals surface area contributed by atoms with Crippen LogP contribution in [0, 0.1) is 0 Å². The summed E-state index contributed by atoms with van der Waals surface area (Å²) in [5.74, 6) is -5.31. The highest BCUT2D eigenvalue weighted by atomic mass is 19.4. The number of benzene rings is 1. The first-order valence-corrected chi connectivity index (χ1v) is 6.08. The molecule has 0 aliphatic heterocycles. The van der Waals surface area contributed by atoms with Crippen LogP contribution in [-0.2, 0) is 22.3 Å². The maximum Gasteiger partial charge on any atom is 0.416 e. The van der Waals surface area contributed by atoms with E-state index in [9.17, 15) is 26.7 Å². The van der Waals surface area contributed by atoms with Crippen LogP contribution in [0.5, 0.6) is 0 Å². The second-order valence-electron chi connectivity index (χ2n) is 4.22. The number of hydrogen-bond acceptors (Lipinski definition) is 3. The van der Waals surface area contributed by atoms with Crippen molar-refractivity contribution in [3.63, 3.8) is 0 Å². The Morgan fingerprint density at radius 1 is 1.14 bits per heavy atom. The van der Waals surface area contributed by atoms with Gasteiger partial charge in [-0.25, -0.2) is 4.79 Å². The van der Waals surface area contributed by atoms with Crippen LogP contribution in [0.3, 0.4) is 0 Å². The molecule has 1 rings (SSSR count). The van der Waals surface area contributed by atoms with Crippen molar-refractivity contribution in [2.24, 2.45) is 0 Å². The van der Waals surface area contributed by atoms with E-state index < -0.39 is 30.2 Å². The summed E-state index contributed by atoms with van der Waals surface area (Å²) in [6.07, 6.45) is -4.44. The third-order valence-electron chi connectivity index (χ3n) is 2.53. The molecule has 0 saturated heterocycles. The van der Waals surface area contributed by atoms with E-state index in [1.54, 1.807) is 0 Å². The zero-order valence-corrected chi connectivity index (χ0v) is 11.1. The molecule has 0 aromatic heterocycles. The fourth-order valence-electron chi connectivity index (χ4n) is 1.48. The van der Waals surface area contributed by atoms with Crippen LogP contribution in [0.1, 0.15) is 18.1 Å². The van der Waals surface area contributed by atoms with Gasteiger partial charge in [0.2, 0.25) is 0 Å². The Bertz CT molecular complexity index is 470. The lowest BCUT2D eigenvalue weighted by Gasteiger charge is -2.15. The summed E-state index contributed by atoms with van der Waals surface area (Å²) in [5.41, 5.74) is -0.425. The molecule has 118 valence electrons. The van der Waals surface area contributed by atoms with Crippen LogP contribution in [-0.4, -0.2) is 25.0 Å². The number of nitrogens with one attached hydrogen (secondary N) is 1. The molecule has 3 nitrogen and oxygen atoms in total. The molecule has 0 fully saturated rings. The van der Waals surface area contributed by atoms with Gasteiger partial charge in [0.25, 0.3) is 0 Å². The topological polar surface area (TPSA) is 38.3 Å². The Morgan fingerprint density at radius 3 is 2.19 bits per heavy atom. The van der Waals surface area contributed by atoms with E-state index >= 15 is 0 Å². The van der Waals surface area contributed by atoms with E-state index in [4.69, 9.17) is 0 Å². The van der Waals surface area contributed by atoms with Crippen LogP contribution in [0.25, 0.3) is 0 Å². The first-order valence-electron chi connectivity index (χ1n) is 6.08. The second kappa shape index (κ2) is 6.84. The normalized spacial score (nSPS) is 12.3. The maximum absolute atomic E-state index is 13.2. The highest BCUT2D eigenvalue weighted by Crippen LogP contribution is 2.29. The number of carbonyl (C=O) groups excluding carboxylic acids is 1. The lowest BCUT2D eigenvalue weighted by atomic mass is 10.1. The second-order valence-corrected chi connectivity index (χ2v) is 4.22. The maximum atomic E-state index is 13.2. The summed E-state index contributed by atoms with van der Waals surface area (Å²) in [6.45, 7) is 0.205. The van der Waals surface area contributed by atoms with Crippen LogP contribution in [0.2, 0.25) is 0 Å². The average Bonchev–Trinajstić information content (AvgIpc) is 2.38. The van der Waals surface area contributed by atoms with Gasteiger partial charge in [0.05, 0.1) is 18.7 Å². The first kappa shape index (κ1) is 17.4. The Hall–Kier alpha value is -1.70. The van der Waals surface area contributed by atoms with Gasteiger partial charge in [-0.2, -0.15) is 22.0 Å². The highest BCUT2D eigenvalue weighted by molar-refractivity contribution is 5.77. The predicted molar refractivity (Wildman–Crippen MR) is 64.7 cm³/mol. The summed E-state index contributed by atoms with van der Waals surface area (Å²) in [6, 6.07) is 4.08. The Kier molecular flexibility index (Phi) is 5.65. The van der Waals surface area contributed by atoms with Crippen molar-refractivity contribution in [2.75, 3.05) is 13.2 Å². The van der Waals surface area contributed by atoms with Gasteiger partial charge in [-0.15, -0.1) is 0 Å². The Balaban J connectivity index is 2.51. The zero-order valence-electron chi connectivity index (χ0n) is 11.1. The Morgan fingerprint density at radius 2 is 1.71 bits per heavy atom. The molecule has 0 amide bonds. The molecule has 0 heterocycles. The minimum atomic E-state index is -4.44. The fraction of sp³-hybridized carbons (Fsp3) is 0.462. The number of hydrogen-bond donors (Lipinski definition) is 1. The molecular formula is C13H14F5NO2. The van der Waals surface area contributed by atoms with Crippen LogP contribution >= 0.6 is 0 Å². The number of halogens is 5. The van der Waals surface area contributed by atoms with E-state index in [-0.39, 0.29) is 13.2 Å². The molecular weight excluding hydrogens is 297 g/mol. The van der Waals surface area contributed by atoms with Gasteiger partial charge in [0.15, 0.2) is 0 Å². The van der Waals surface area contributed by atoms with Crippen molar-refractivity contribution in [3.8, 4) is 0 Å². The summed E-state index contributed by atoms with van der Waals surface area (Å²) in [7, 11) is 0. The standard InChI is InChI=1S/C13H14F5NO2/c1-2-21-11(20)12(14,15)8-19-7-9-3-5-10(6-4-9)13(16,17)18/h3-6,19H,2,7-8H2,1H3. The summed E-state index contributed by atoms with van der Waals surface area (Å²) >= 11 is 0. The van der Waals surface area contributed by atoms with E-state index in [1.165, 1.54) is 19.1 Å². The molecule has 1 aromatic rings. The minimum Gasteiger partial charge on any atom is -0.462 e.